The number of hydrogen-bond acceptors (Lipinski definition) is 5. The number of hydrogen-bond donors (Lipinski definition) is 1. The molecule has 1 atom stereocenters. The Hall–Kier alpha value is -4.00. The Kier molecular flexibility index (Phi) is 5.49. The molecular formula is C24H20N2O5. The van der Waals surface area contributed by atoms with Crippen LogP contribution in [0.4, 0.5) is 11.4 Å². The minimum absolute atomic E-state index is 0.187. The SMILES string of the molecule is C[C@@H](OC(=O)c1ccc(N2C(=O)CCC2=O)cc1)C(=O)Nc1ccc2ccccc2c1. The number of anilines is 2. The van der Waals surface area contributed by atoms with Gasteiger partial charge >= 0.3 is 5.97 Å². The summed E-state index contributed by atoms with van der Waals surface area (Å²) < 4.78 is 5.27. The number of fused-ring (bicyclic) bond motifs is 1. The van der Waals surface area contributed by atoms with Crippen LogP contribution in [-0.2, 0) is 19.1 Å². The van der Waals surface area contributed by atoms with Crippen molar-refractivity contribution in [2.75, 3.05) is 10.2 Å². The molecule has 156 valence electrons. The summed E-state index contributed by atoms with van der Waals surface area (Å²) in [6, 6.07) is 19.3. The van der Waals surface area contributed by atoms with E-state index in [0.29, 0.717) is 11.4 Å². The Labute approximate surface area is 178 Å². The van der Waals surface area contributed by atoms with Gasteiger partial charge in [-0.25, -0.2) is 4.79 Å². The van der Waals surface area contributed by atoms with Gasteiger partial charge in [-0.15, -0.1) is 0 Å². The molecule has 0 bridgehead atoms. The second-order valence-electron chi connectivity index (χ2n) is 7.27. The molecule has 31 heavy (non-hydrogen) atoms. The van der Waals surface area contributed by atoms with Crippen LogP contribution >= 0.6 is 0 Å². The third-order valence-electron chi connectivity index (χ3n) is 5.08. The van der Waals surface area contributed by atoms with E-state index in [1.54, 1.807) is 6.07 Å². The third-order valence-corrected chi connectivity index (χ3v) is 5.08. The second kappa shape index (κ2) is 8.39. The largest absolute Gasteiger partial charge is 0.449 e. The zero-order valence-corrected chi connectivity index (χ0v) is 16.8. The van der Waals surface area contributed by atoms with Gasteiger partial charge in [0.25, 0.3) is 5.91 Å². The number of benzene rings is 3. The molecule has 3 aromatic carbocycles. The molecule has 7 nitrogen and oxygen atoms in total. The number of ether oxygens (including phenoxy) is 1. The normalized spacial score (nSPS) is 14.5. The minimum Gasteiger partial charge on any atom is -0.449 e. The number of nitrogens with zero attached hydrogens (tertiary/aromatic N) is 1. The smallest absolute Gasteiger partial charge is 0.338 e. The average molecular weight is 416 g/mol. The van der Waals surface area contributed by atoms with Gasteiger partial charge in [-0.3, -0.25) is 19.3 Å². The lowest BCUT2D eigenvalue weighted by molar-refractivity contribution is -0.124. The highest BCUT2D eigenvalue weighted by Crippen LogP contribution is 2.23. The second-order valence-corrected chi connectivity index (χ2v) is 7.27. The number of nitrogens with one attached hydrogen (secondary N) is 1. The van der Waals surface area contributed by atoms with E-state index in [-0.39, 0.29) is 30.2 Å². The predicted octanol–water partition coefficient (Wildman–Crippen LogP) is 3.68. The lowest BCUT2D eigenvalue weighted by Crippen LogP contribution is -2.30. The summed E-state index contributed by atoms with van der Waals surface area (Å²) in [7, 11) is 0. The third kappa shape index (κ3) is 4.30. The zero-order chi connectivity index (χ0) is 22.0. The molecule has 0 unspecified atom stereocenters. The molecule has 0 saturated carbocycles. The van der Waals surface area contributed by atoms with Crippen molar-refractivity contribution in [2.45, 2.75) is 25.9 Å². The van der Waals surface area contributed by atoms with Crippen LogP contribution in [0, 0.1) is 0 Å². The van der Waals surface area contributed by atoms with E-state index in [0.717, 1.165) is 15.7 Å². The van der Waals surface area contributed by atoms with Gasteiger partial charge in [0, 0.05) is 18.5 Å². The maximum absolute atomic E-state index is 12.4. The first-order valence-corrected chi connectivity index (χ1v) is 9.89. The summed E-state index contributed by atoms with van der Waals surface area (Å²) in [6.07, 6.45) is -0.640. The first-order chi connectivity index (χ1) is 14.9. The van der Waals surface area contributed by atoms with Crippen LogP contribution in [0.5, 0.6) is 0 Å². The van der Waals surface area contributed by atoms with Crippen molar-refractivity contribution in [2.24, 2.45) is 0 Å². The van der Waals surface area contributed by atoms with Crippen molar-refractivity contribution < 1.29 is 23.9 Å². The van der Waals surface area contributed by atoms with Crippen LogP contribution in [0.25, 0.3) is 10.8 Å². The van der Waals surface area contributed by atoms with Crippen LogP contribution in [0.2, 0.25) is 0 Å². The Balaban J connectivity index is 1.38. The standard InChI is InChI=1S/C24H20N2O5/c1-15(23(29)25-19-9-6-16-4-2-3-5-18(16)14-19)31-24(30)17-7-10-20(11-8-17)26-21(27)12-13-22(26)28/h2-11,14-15H,12-13H2,1H3,(H,25,29)/t15-/m1/s1. The van der Waals surface area contributed by atoms with Crippen molar-refractivity contribution in [1.29, 1.82) is 0 Å². The fraction of sp³-hybridized carbons (Fsp3) is 0.167. The van der Waals surface area contributed by atoms with E-state index in [2.05, 4.69) is 5.32 Å². The molecule has 1 heterocycles. The molecule has 1 aliphatic heterocycles. The van der Waals surface area contributed by atoms with Crippen molar-refractivity contribution in [3.8, 4) is 0 Å². The van der Waals surface area contributed by atoms with Crippen LogP contribution in [0.3, 0.4) is 0 Å². The van der Waals surface area contributed by atoms with Gasteiger partial charge in [0.2, 0.25) is 11.8 Å². The molecule has 1 aliphatic rings. The summed E-state index contributed by atoms with van der Waals surface area (Å²) >= 11 is 0. The van der Waals surface area contributed by atoms with E-state index >= 15 is 0 Å². The molecular weight excluding hydrogens is 396 g/mol. The molecule has 0 aliphatic carbocycles. The molecule has 1 fully saturated rings. The van der Waals surface area contributed by atoms with E-state index in [1.165, 1.54) is 31.2 Å². The van der Waals surface area contributed by atoms with Gasteiger partial charge in [-0.2, -0.15) is 0 Å². The zero-order valence-electron chi connectivity index (χ0n) is 16.8. The molecule has 3 aromatic rings. The Morgan fingerprint density at radius 3 is 2.23 bits per heavy atom. The molecule has 0 aromatic heterocycles. The highest BCUT2D eigenvalue weighted by atomic mass is 16.5. The number of carbonyl (C=O) groups is 4. The van der Waals surface area contributed by atoms with Crippen molar-refractivity contribution in [3.05, 3.63) is 72.3 Å². The summed E-state index contributed by atoms with van der Waals surface area (Å²) in [5.41, 5.74) is 1.23. The fourth-order valence-corrected chi connectivity index (χ4v) is 3.40. The molecule has 0 radical (unpaired) electrons. The van der Waals surface area contributed by atoms with E-state index in [1.807, 2.05) is 36.4 Å². The van der Waals surface area contributed by atoms with Crippen LogP contribution in [-0.4, -0.2) is 29.8 Å². The lowest BCUT2D eigenvalue weighted by atomic mass is 10.1. The molecule has 4 rings (SSSR count). The van der Waals surface area contributed by atoms with Gasteiger partial charge < -0.3 is 10.1 Å². The summed E-state index contributed by atoms with van der Waals surface area (Å²) in [6.45, 7) is 1.49. The predicted molar refractivity (Wildman–Crippen MR) is 116 cm³/mol. The molecule has 1 N–H and O–H groups in total. The monoisotopic (exact) mass is 416 g/mol. The molecule has 3 amide bonds. The fourth-order valence-electron chi connectivity index (χ4n) is 3.40. The van der Waals surface area contributed by atoms with Crippen molar-refractivity contribution in [1.82, 2.24) is 0 Å². The molecule has 0 spiro atoms. The highest BCUT2D eigenvalue weighted by molar-refractivity contribution is 6.19. The van der Waals surface area contributed by atoms with Crippen molar-refractivity contribution >= 4 is 45.8 Å². The topological polar surface area (TPSA) is 92.8 Å². The first-order valence-electron chi connectivity index (χ1n) is 9.89. The Morgan fingerprint density at radius 1 is 0.903 bits per heavy atom. The minimum atomic E-state index is -1.01. The van der Waals surface area contributed by atoms with Crippen LogP contribution in [0.1, 0.15) is 30.1 Å². The maximum atomic E-state index is 12.4. The molecule has 1 saturated heterocycles. The number of imide groups is 1. The van der Waals surface area contributed by atoms with Gasteiger partial charge in [-0.1, -0.05) is 30.3 Å². The maximum Gasteiger partial charge on any atom is 0.338 e. The Bertz CT molecular complexity index is 1170. The van der Waals surface area contributed by atoms with E-state index in [4.69, 9.17) is 4.74 Å². The molecule has 7 heteroatoms. The quantitative estimate of drug-likeness (QED) is 0.506. The van der Waals surface area contributed by atoms with E-state index < -0.39 is 18.0 Å². The van der Waals surface area contributed by atoms with Gasteiger partial charge in [0.15, 0.2) is 6.10 Å². The van der Waals surface area contributed by atoms with Gasteiger partial charge in [0.1, 0.15) is 0 Å². The number of amides is 3. The Morgan fingerprint density at radius 2 is 1.55 bits per heavy atom. The summed E-state index contributed by atoms with van der Waals surface area (Å²) in [4.78, 5) is 49.6. The number of esters is 1. The summed E-state index contributed by atoms with van der Waals surface area (Å²) in [5.74, 6) is -1.65. The van der Waals surface area contributed by atoms with E-state index in [9.17, 15) is 19.2 Å². The number of rotatable bonds is 5. The highest BCUT2D eigenvalue weighted by Gasteiger charge is 2.30. The summed E-state index contributed by atoms with van der Waals surface area (Å²) in [5, 5.41) is 4.79. The van der Waals surface area contributed by atoms with Crippen LogP contribution < -0.4 is 10.2 Å². The lowest BCUT2D eigenvalue weighted by Gasteiger charge is -2.15. The van der Waals surface area contributed by atoms with Gasteiger partial charge in [0.05, 0.1) is 11.3 Å². The number of carbonyl (C=O) groups excluding carboxylic acids is 4. The van der Waals surface area contributed by atoms with Gasteiger partial charge in [-0.05, 0) is 54.1 Å². The average Bonchev–Trinajstić information content (AvgIpc) is 3.11. The first kappa shape index (κ1) is 20.3. The van der Waals surface area contributed by atoms with Crippen LogP contribution in [0.15, 0.2) is 66.7 Å². The van der Waals surface area contributed by atoms with Crippen molar-refractivity contribution in [3.63, 3.8) is 0 Å².